The molecule has 0 spiro atoms. The highest BCUT2D eigenvalue weighted by Gasteiger charge is 2.35. The van der Waals surface area contributed by atoms with Gasteiger partial charge in [-0.2, -0.15) is 0 Å². The Balaban J connectivity index is 2.67. The van der Waals surface area contributed by atoms with Gasteiger partial charge in [-0.1, -0.05) is 20.3 Å². The molecule has 0 aromatic carbocycles. The van der Waals surface area contributed by atoms with Gasteiger partial charge in [0, 0.05) is 18.1 Å². The number of rotatable bonds is 4. The molecule has 1 heterocycles. The molecule has 2 N–H and O–H groups in total. The highest BCUT2D eigenvalue weighted by molar-refractivity contribution is 4.92. The van der Waals surface area contributed by atoms with Crippen molar-refractivity contribution in [2.75, 3.05) is 13.1 Å². The van der Waals surface area contributed by atoms with Crippen molar-refractivity contribution in [2.24, 2.45) is 11.7 Å². The normalized spacial score (nSPS) is 32.6. The van der Waals surface area contributed by atoms with Crippen LogP contribution in [-0.2, 0) is 0 Å². The van der Waals surface area contributed by atoms with Crippen LogP contribution in [0.2, 0.25) is 0 Å². The highest BCUT2D eigenvalue weighted by Crippen LogP contribution is 2.30. The molecular weight excluding hydrogens is 184 g/mol. The maximum atomic E-state index is 5.98. The molecule has 0 bridgehead atoms. The second-order valence-corrected chi connectivity index (χ2v) is 5.62. The van der Waals surface area contributed by atoms with Gasteiger partial charge in [0.05, 0.1) is 0 Å². The van der Waals surface area contributed by atoms with Crippen molar-refractivity contribution in [3.05, 3.63) is 0 Å². The fourth-order valence-electron chi connectivity index (χ4n) is 3.11. The van der Waals surface area contributed by atoms with Crippen LogP contribution in [0.1, 0.15) is 53.4 Å². The van der Waals surface area contributed by atoms with Crippen LogP contribution in [-0.4, -0.2) is 29.6 Å². The predicted octanol–water partition coefficient (Wildman–Crippen LogP) is 2.62. The summed E-state index contributed by atoms with van der Waals surface area (Å²) in [4.78, 5) is 2.65. The van der Waals surface area contributed by atoms with Gasteiger partial charge in [0.2, 0.25) is 0 Å². The largest absolute Gasteiger partial charge is 0.329 e. The lowest BCUT2D eigenvalue weighted by Crippen LogP contribution is -2.57. The van der Waals surface area contributed by atoms with Gasteiger partial charge in [0.25, 0.3) is 0 Å². The van der Waals surface area contributed by atoms with Crippen molar-refractivity contribution in [3.8, 4) is 0 Å². The summed E-state index contributed by atoms with van der Waals surface area (Å²) in [6.07, 6.45) is 5.12. The molecule has 0 aromatic heterocycles. The van der Waals surface area contributed by atoms with Crippen LogP contribution >= 0.6 is 0 Å². The van der Waals surface area contributed by atoms with Crippen LogP contribution in [0.3, 0.4) is 0 Å². The van der Waals surface area contributed by atoms with E-state index in [0.717, 1.165) is 12.5 Å². The van der Waals surface area contributed by atoms with E-state index in [1.807, 2.05) is 0 Å². The van der Waals surface area contributed by atoms with Crippen LogP contribution in [0, 0.1) is 5.92 Å². The number of likely N-dealkylation sites (tertiary alicyclic amines) is 1. The molecule has 3 atom stereocenters. The molecule has 0 aromatic rings. The predicted molar refractivity (Wildman–Crippen MR) is 66.9 cm³/mol. The summed E-state index contributed by atoms with van der Waals surface area (Å²) >= 11 is 0. The lowest BCUT2D eigenvalue weighted by atomic mass is 9.85. The van der Waals surface area contributed by atoms with E-state index in [2.05, 4.69) is 32.6 Å². The van der Waals surface area contributed by atoms with Crippen LogP contribution in [0.15, 0.2) is 0 Å². The van der Waals surface area contributed by atoms with Gasteiger partial charge in [-0.3, -0.25) is 4.90 Å². The van der Waals surface area contributed by atoms with Gasteiger partial charge < -0.3 is 5.73 Å². The molecule has 2 heteroatoms. The third kappa shape index (κ3) is 2.94. The summed E-state index contributed by atoms with van der Waals surface area (Å²) in [5.74, 6) is 0.889. The third-order valence-corrected chi connectivity index (χ3v) is 4.06. The van der Waals surface area contributed by atoms with Gasteiger partial charge in [0.15, 0.2) is 0 Å². The summed E-state index contributed by atoms with van der Waals surface area (Å²) in [6, 6.07) is 0.703. The first-order chi connectivity index (χ1) is 7.03. The van der Waals surface area contributed by atoms with E-state index in [1.54, 1.807) is 0 Å². The Labute approximate surface area is 95.2 Å². The molecule has 0 radical (unpaired) electrons. The Kier molecular flexibility index (Phi) is 4.60. The summed E-state index contributed by atoms with van der Waals surface area (Å²) in [6.45, 7) is 11.3. The second-order valence-electron chi connectivity index (χ2n) is 5.62. The Bertz CT molecular complexity index is 193. The molecule has 90 valence electrons. The minimum absolute atomic E-state index is 0.230. The van der Waals surface area contributed by atoms with E-state index in [0.29, 0.717) is 6.04 Å². The van der Waals surface area contributed by atoms with Gasteiger partial charge in [-0.25, -0.2) is 0 Å². The summed E-state index contributed by atoms with van der Waals surface area (Å²) in [7, 11) is 0. The SMILES string of the molecule is CCCC(C)(CN)N1CCC(C)CC1C. The first-order valence-corrected chi connectivity index (χ1v) is 6.50. The monoisotopic (exact) mass is 212 g/mol. The lowest BCUT2D eigenvalue weighted by Gasteiger charge is -2.48. The lowest BCUT2D eigenvalue weighted by molar-refractivity contribution is 0.0200. The number of nitrogens with zero attached hydrogens (tertiary/aromatic N) is 1. The minimum Gasteiger partial charge on any atom is -0.329 e. The molecular formula is C13H28N2. The van der Waals surface area contributed by atoms with Crippen molar-refractivity contribution in [3.63, 3.8) is 0 Å². The number of hydrogen-bond acceptors (Lipinski definition) is 2. The molecule has 1 saturated heterocycles. The summed E-state index contributed by atoms with van der Waals surface area (Å²) in [5.41, 5.74) is 6.21. The van der Waals surface area contributed by atoms with E-state index in [-0.39, 0.29) is 5.54 Å². The second kappa shape index (κ2) is 5.31. The van der Waals surface area contributed by atoms with E-state index in [1.165, 1.54) is 32.2 Å². The van der Waals surface area contributed by atoms with Gasteiger partial charge in [-0.15, -0.1) is 0 Å². The Morgan fingerprint density at radius 1 is 1.40 bits per heavy atom. The van der Waals surface area contributed by atoms with Crippen molar-refractivity contribution in [2.45, 2.75) is 65.0 Å². The number of piperidine rings is 1. The molecule has 1 rings (SSSR count). The highest BCUT2D eigenvalue weighted by atomic mass is 15.2. The van der Waals surface area contributed by atoms with Crippen molar-refractivity contribution >= 4 is 0 Å². The number of hydrogen-bond donors (Lipinski definition) is 1. The quantitative estimate of drug-likeness (QED) is 0.776. The van der Waals surface area contributed by atoms with Crippen molar-refractivity contribution in [1.82, 2.24) is 4.90 Å². The van der Waals surface area contributed by atoms with Crippen LogP contribution in [0.5, 0.6) is 0 Å². The van der Waals surface area contributed by atoms with Crippen molar-refractivity contribution in [1.29, 1.82) is 0 Å². The van der Waals surface area contributed by atoms with Crippen LogP contribution < -0.4 is 5.73 Å². The molecule has 0 aliphatic carbocycles. The smallest absolute Gasteiger partial charge is 0.0306 e. The Morgan fingerprint density at radius 3 is 2.53 bits per heavy atom. The average Bonchev–Trinajstić information content (AvgIpc) is 2.17. The molecule has 1 fully saturated rings. The summed E-state index contributed by atoms with van der Waals surface area (Å²) < 4.78 is 0. The number of nitrogens with two attached hydrogens (primary N) is 1. The molecule has 1 aliphatic rings. The molecule has 0 amide bonds. The van der Waals surface area contributed by atoms with Gasteiger partial charge in [-0.05, 0) is 45.6 Å². The molecule has 2 nitrogen and oxygen atoms in total. The molecule has 15 heavy (non-hydrogen) atoms. The molecule has 1 aliphatic heterocycles. The first-order valence-electron chi connectivity index (χ1n) is 6.50. The first kappa shape index (κ1) is 13.0. The zero-order valence-corrected chi connectivity index (χ0v) is 10.9. The zero-order valence-electron chi connectivity index (χ0n) is 10.9. The standard InChI is InChI=1S/C13H28N2/c1-5-7-13(4,10-14)15-8-6-11(2)9-12(15)3/h11-12H,5-10,14H2,1-4H3. The van der Waals surface area contributed by atoms with E-state index in [9.17, 15) is 0 Å². The van der Waals surface area contributed by atoms with Gasteiger partial charge in [0.1, 0.15) is 0 Å². The maximum absolute atomic E-state index is 5.98. The fraction of sp³-hybridized carbons (Fsp3) is 1.00. The van der Waals surface area contributed by atoms with E-state index >= 15 is 0 Å². The fourth-order valence-corrected chi connectivity index (χ4v) is 3.11. The van der Waals surface area contributed by atoms with E-state index in [4.69, 9.17) is 5.73 Å². The summed E-state index contributed by atoms with van der Waals surface area (Å²) in [5, 5.41) is 0. The average molecular weight is 212 g/mol. The third-order valence-electron chi connectivity index (χ3n) is 4.06. The Morgan fingerprint density at radius 2 is 2.07 bits per heavy atom. The van der Waals surface area contributed by atoms with Crippen molar-refractivity contribution < 1.29 is 0 Å². The van der Waals surface area contributed by atoms with Gasteiger partial charge >= 0.3 is 0 Å². The molecule has 3 unspecified atom stereocenters. The minimum atomic E-state index is 0.230. The maximum Gasteiger partial charge on any atom is 0.0306 e. The topological polar surface area (TPSA) is 29.3 Å². The molecule has 0 saturated carbocycles. The Hall–Kier alpha value is -0.0800. The zero-order chi connectivity index (χ0) is 11.5. The van der Waals surface area contributed by atoms with Crippen LogP contribution in [0.4, 0.5) is 0 Å². The van der Waals surface area contributed by atoms with Crippen LogP contribution in [0.25, 0.3) is 0 Å². The van der Waals surface area contributed by atoms with E-state index < -0.39 is 0 Å².